The standard InChI is InChI=1S/C7H12F3NS2/c1-6(2,8)12-5(11-10)13-7(3,4)9/h1-4H3. The zero-order chi connectivity index (χ0) is 10.7. The zero-order valence-electron chi connectivity index (χ0n) is 7.90. The van der Waals surface area contributed by atoms with Crippen molar-refractivity contribution < 1.29 is 13.3 Å². The molecule has 1 nitrogen and oxygen atoms in total. The largest absolute Gasteiger partial charge is 0.232 e. The highest BCUT2D eigenvalue weighted by molar-refractivity contribution is 8.39. The number of hydrogen-bond donors (Lipinski definition) is 0. The van der Waals surface area contributed by atoms with Gasteiger partial charge in [0.15, 0.2) is 14.4 Å². The van der Waals surface area contributed by atoms with E-state index < -0.39 is 10.0 Å². The van der Waals surface area contributed by atoms with Crippen LogP contribution in [0.1, 0.15) is 27.7 Å². The Morgan fingerprint density at radius 2 is 1.31 bits per heavy atom. The summed E-state index contributed by atoms with van der Waals surface area (Å²) in [6.07, 6.45) is 0. The van der Waals surface area contributed by atoms with Crippen LogP contribution in [0.2, 0.25) is 0 Å². The Balaban J connectivity index is 4.24. The number of halogens is 3. The molecule has 0 N–H and O–H groups in total. The van der Waals surface area contributed by atoms with Gasteiger partial charge in [-0.05, 0) is 27.7 Å². The van der Waals surface area contributed by atoms with Crippen LogP contribution < -0.4 is 0 Å². The van der Waals surface area contributed by atoms with Crippen LogP contribution in [0.5, 0.6) is 0 Å². The SMILES string of the molecule is CC(C)(F)SC(=NF)SC(C)(C)F. The van der Waals surface area contributed by atoms with Crippen LogP contribution in [0.3, 0.4) is 0 Å². The molecule has 13 heavy (non-hydrogen) atoms. The number of thioether (sulfide) groups is 2. The molecule has 0 bridgehead atoms. The lowest BCUT2D eigenvalue weighted by Gasteiger charge is -2.17. The van der Waals surface area contributed by atoms with Gasteiger partial charge in [-0.2, -0.15) is 0 Å². The topological polar surface area (TPSA) is 12.4 Å². The first-order valence-electron chi connectivity index (χ1n) is 3.59. The van der Waals surface area contributed by atoms with Gasteiger partial charge in [0.1, 0.15) is 0 Å². The summed E-state index contributed by atoms with van der Waals surface area (Å²) in [5.41, 5.74) is 0. The second-order valence-corrected chi connectivity index (χ2v) is 6.66. The first-order valence-corrected chi connectivity index (χ1v) is 5.22. The summed E-state index contributed by atoms with van der Waals surface area (Å²) in [7, 11) is 0. The van der Waals surface area contributed by atoms with Crippen molar-refractivity contribution in [1.29, 1.82) is 0 Å². The molecule has 0 rings (SSSR count). The van der Waals surface area contributed by atoms with Crippen molar-refractivity contribution in [3.63, 3.8) is 0 Å². The molecule has 0 unspecified atom stereocenters. The Morgan fingerprint density at radius 1 is 1.00 bits per heavy atom. The fourth-order valence-corrected chi connectivity index (χ4v) is 2.73. The molecule has 0 aliphatic carbocycles. The van der Waals surface area contributed by atoms with E-state index in [1.807, 2.05) is 0 Å². The second-order valence-electron chi connectivity index (χ2n) is 3.28. The maximum absolute atomic E-state index is 13.0. The highest BCUT2D eigenvalue weighted by atomic mass is 32.2. The molecule has 0 heterocycles. The van der Waals surface area contributed by atoms with Crippen LogP contribution in [0.4, 0.5) is 13.3 Å². The smallest absolute Gasteiger partial charge is 0.169 e. The maximum Gasteiger partial charge on any atom is 0.169 e. The van der Waals surface area contributed by atoms with Gasteiger partial charge in [0.05, 0.1) is 0 Å². The van der Waals surface area contributed by atoms with E-state index in [1.54, 1.807) is 0 Å². The predicted molar refractivity (Wildman–Crippen MR) is 54.1 cm³/mol. The van der Waals surface area contributed by atoms with Crippen molar-refractivity contribution in [3.8, 4) is 0 Å². The van der Waals surface area contributed by atoms with E-state index in [0.29, 0.717) is 23.5 Å². The molecule has 0 atom stereocenters. The molecule has 0 amide bonds. The maximum atomic E-state index is 13.0. The van der Waals surface area contributed by atoms with Crippen LogP contribution in [-0.2, 0) is 0 Å². The average Bonchev–Trinajstić information content (AvgIpc) is 1.79. The molecule has 0 radical (unpaired) electrons. The van der Waals surface area contributed by atoms with Gasteiger partial charge in [0, 0.05) is 0 Å². The van der Waals surface area contributed by atoms with E-state index in [1.165, 1.54) is 27.7 Å². The molecule has 0 aliphatic rings. The lowest BCUT2D eigenvalue weighted by molar-refractivity contribution is 0.347. The van der Waals surface area contributed by atoms with Crippen LogP contribution in [0.15, 0.2) is 5.21 Å². The number of nitrogens with zero attached hydrogens (tertiary/aromatic N) is 1. The minimum atomic E-state index is -1.65. The number of alkyl halides is 2. The molecule has 78 valence electrons. The molecule has 0 aromatic rings. The molecule has 6 heteroatoms. The van der Waals surface area contributed by atoms with E-state index in [4.69, 9.17) is 0 Å². The van der Waals surface area contributed by atoms with Gasteiger partial charge < -0.3 is 0 Å². The normalized spacial score (nSPS) is 12.8. The predicted octanol–water partition coefficient (Wildman–Crippen LogP) is 4.10. The van der Waals surface area contributed by atoms with E-state index in [0.717, 1.165) is 0 Å². The van der Waals surface area contributed by atoms with E-state index in [2.05, 4.69) is 5.21 Å². The van der Waals surface area contributed by atoms with Crippen molar-refractivity contribution in [2.45, 2.75) is 37.7 Å². The molecule has 0 fully saturated rings. The highest BCUT2D eigenvalue weighted by Gasteiger charge is 2.26. The highest BCUT2D eigenvalue weighted by Crippen LogP contribution is 2.37. The summed E-state index contributed by atoms with van der Waals surface area (Å²) in [5, 5.41) is -0.978. The molecule has 0 spiro atoms. The van der Waals surface area contributed by atoms with Gasteiger partial charge in [-0.25, -0.2) is 8.78 Å². The van der Waals surface area contributed by atoms with Gasteiger partial charge >= 0.3 is 0 Å². The van der Waals surface area contributed by atoms with Crippen molar-refractivity contribution in [2.24, 2.45) is 5.21 Å². The summed E-state index contributed by atoms with van der Waals surface area (Å²) in [5.74, 6) is 0. The Bertz CT molecular complexity index is 175. The van der Waals surface area contributed by atoms with Crippen molar-refractivity contribution >= 4 is 27.9 Å². The third-order valence-electron chi connectivity index (χ3n) is 0.729. The minimum Gasteiger partial charge on any atom is -0.232 e. The van der Waals surface area contributed by atoms with Crippen LogP contribution in [0, 0.1) is 0 Å². The van der Waals surface area contributed by atoms with Gasteiger partial charge in [0.2, 0.25) is 0 Å². The second kappa shape index (κ2) is 4.59. The summed E-state index contributed by atoms with van der Waals surface area (Å²) in [6, 6.07) is 0. The summed E-state index contributed by atoms with van der Waals surface area (Å²) in [6.45, 7) is 5.03. The van der Waals surface area contributed by atoms with Crippen LogP contribution in [0.25, 0.3) is 0 Å². The Morgan fingerprint density at radius 3 is 1.46 bits per heavy atom. The third-order valence-corrected chi connectivity index (χ3v) is 2.69. The van der Waals surface area contributed by atoms with Crippen LogP contribution >= 0.6 is 23.5 Å². The Kier molecular flexibility index (Phi) is 4.65. The van der Waals surface area contributed by atoms with Crippen molar-refractivity contribution in [2.75, 3.05) is 0 Å². The van der Waals surface area contributed by atoms with Crippen molar-refractivity contribution in [3.05, 3.63) is 0 Å². The van der Waals surface area contributed by atoms with E-state index in [-0.39, 0.29) is 4.38 Å². The first-order chi connectivity index (χ1) is 5.64. The molecule has 0 aliphatic heterocycles. The monoisotopic (exact) mass is 231 g/mol. The molecular formula is C7H12F3NS2. The van der Waals surface area contributed by atoms with Gasteiger partial charge in [-0.15, -0.1) is 0 Å². The lowest BCUT2D eigenvalue weighted by Crippen LogP contribution is -2.13. The first kappa shape index (κ1) is 13.2. The fourth-order valence-electron chi connectivity index (χ4n) is 0.471. The molecule has 0 saturated heterocycles. The van der Waals surface area contributed by atoms with Crippen molar-refractivity contribution in [1.82, 2.24) is 0 Å². The lowest BCUT2D eigenvalue weighted by atomic mass is 10.5. The summed E-state index contributed by atoms with van der Waals surface area (Å²) >= 11 is 1.12. The molecular weight excluding hydrogens is 219 g/mol. The third kappa shape index (κ3) is 8.49. The van der Waals surface area contributed by atoms with E-state index in [9.17, 15) is 13.3 Å². The van der Waals surface area contributed by atoms with Gasteiger partial charge in [-0.3, -0.25) is 0 Å². The quantitative estimate of drug-likeness (QED) is 0.524. The van der Waals surface area contributed by atoms with Crippen LogP contribution in [-0.4, -0.2) is 14.4 Å². The van der Waals surface area contributed by atoms with E-state index >= 15 is 0 Å². The molecule has 0 saturated carbocycles. The summed E-state index contributed by atoms with van der Waals surface area (Å²) < 4.78 is 37.7. The zero-order valence-corrected chi connectivity index (χ0v) is 9.53. The minimum absolute atomic E-state index is 0.236. The van der Waals surface area contributed by atoms with Gasteiger partial charge in [0.25, 0.3) is 0 Å². The molecule has 0 aromatic heterocycles. The summed E-state index contributed by atoms with van der Waals surface area (Å²) in [4.78, 5) is 0. The number of rotatable bonds is 2. The fraction of sp³-hybridized carbons (Fsp3) is 0.857. The molecule has 0 aromatic carbocycles. The Labute approximate surface area is 84.5 Å². The van der Waals surface area contributed by atoms with Gasteiger partial charge in [-0.1, -0.05) is 33.2 Å². The average molecular weight is 231 g/mol. The number of hydrogen-bond acceptors (Lipinski definition) is 3. The Hall–Kier alpha value is 0.160.